The zero-order valence-corrected chi connectivity index (χ0v) is 12.8. The van der Waals surface area contributed by atoms with Gasteiger partial charge in [0.1, 0.15) is 5.75 Å². The molecule has 4 atom stereocenters. The Morgan fingerprint density at radius 3 is 3.10 bits per heavy atom. The van der Waals surface area contributed by atoms with Gasteiger partial charge in [0.05, 0.1) is 19.1 Å². The number of quaternary nitrogens is 1. The molecule has 0 aromatic heterocycles. The fourth-order valence-electron chi connectivity index (χ4n) is 5.65. The number of piperidine rings is 1. The van der Waals surface area contributed by atoms with Crippen molar-refractivity contribution in [3.05, 3.63) is 42.0 Å². The molecule has 2 heteroatoms. The summed E-state index contributed by atoms with van der Waals surface area (Å²) in [5.74, 6) is 1.26. The summed E-state index contributed by atoms with van der Waals surface area (Å²) in [5, 5.41) is 9.99. The highest BCUT2D eigenvalue weighted by Crippen LogP contribution is 2.53. The van der Waals surface area contributed by atoms with Crippen LogP contribution in [0.5, 0.6) is 5.75 Å². The lowest BCUT2D eigenvalue weighted by Gasteiger charge is -2.56. The lowest BCUT2D eigenvalue weighted by Crippen LogP contribution is -3.19. The molecule has 1 heterocycles. The van der Waals surface area contributed by atoms with E-state index >= 15 is 0 Å². The Labute approximate surface area is 127 Å². The first kappa shape index (κ1) is 13.4. The van der Waals surface area contributed by atoms with Crippen LogP contribution in [0, 0.1) is 5.92 Å². The molecule has 21 heavy (non-hydrogen) atoms. The van der Waals surface area contributed by atoms with Gasteiger partial charge in [0.15, 0.2) is 0 Å². The van der Waals surface area contributed by atoms with Crippen LogP contribution in [-0.4, -0.2) is 24.2 Å². The molecule has 2 unspecified atom stereocenters. The average molecular weight is 284 g/mol. The van der Waals surface area contributed by atoms with Crippen LogP contribution in [0.1, 0.15) is 43.2 Å². The van der Waals surface area contributed by atoms with Gasteiger partial charge in [-0.05, 0) is 42.2 Å². The monoisotopic (exact) mass is 284 g/mol. The number of fused-ring (bicyclic) bond motifs is 1. The molecule has 2 N–H and O–H groups in total. The molecule has 1 saturated heterocycles. The zero-order chi connectivity index (χ0) is 14.4. The largest absolute Gasteiger partial charge is 0.508 e. The summed E-state index contributed by atoms with van der Waals surface area (Å²) >= 11 is 0. The highest BCUT2D eigenvalue weighted by atomic mass is 16.3. The van der Waals surface area contributed by atoms with E-state index in [-0.39, 0.29) is 0 Å². The summed E-state index contributed by atoms with van der Waals surface area (Å²) < 4.78 is 0. The molecular formula is C19H26NO+. The van der Waals surface area contributed by atoms with Crippen LogP contribution in [-0.2, 0) is 11.8 Å². The van der Waals surface area contributed by atoms with Crippen LogP contribution in [0.4, 0.5) is 0 Å². The number of nitrogens with one attached hydrogen (secondary N) is 1. The van der Waals surface area contributed by atoms with Crippen molar-refractivity contribution in [2.75, 3.05) is 13.1 Å². The second-order valence-electron chi connectivity index (χ2n) is 7.31. The van der Waals surface area contributed by atoms with Crippen molar-refractivity contribution in [3.63, 3.8) is 0 Å². The van der Waals surface area contributed by atoms with Gasteiger partial charge in [0, 0.05) is 24.2 Å². The average Bonchev–Trinajstić information content (AvgIpc) is 2.51. The van der Waals surface area contributed by atoms with Gasteiger partial charge in [-0.3, -0.25) is 0 Å². The molecular weight excluding hydrogens is 258 g/mol. The van der Waals surface area contributed by atoms with Crippen LogP contribution in [0.25, 0.3) is 0 Å². The predicted octanol–water partition coefficient (Wildman–Crippen LogP) is 2.22. The number of phenolic OH excluding ortho intramolecular Hbond substituents is 1. The number of likely N-dealkylation sites (tertiary alicyclic amines) is 1. The quantitative estimate of drug-likeness (QED) is 0.800. The van der Waals surface area contributed by atoms with Gasteiger partial charge in [-0.15, -0.1) is 0 Å². The number of rotatable bonds is 2. The van der Waals surface area contributed by atoms with Crippen LogP contribution >= 0.6 is 0 Å². The molecule has 1 aliphatic heterocycles. The Hall–Kier alpha value is -1.28. The maximum Gasteiger partial charge on any atom is 0.115 e. The van der Waals surface area contributed by atoms with Gasteiger partial charge in [0.2, 0.25) is 0 Å². The van der Waals surface area contributed by atoms with Crippen molar-refractivity contribution >= 4 is 0 Å². The summed E-state index contributed by atoms with van der Waals surface area (Å²) in [6.07, 6.45) is 10.0. The lowest BCUT2D eigenvalue weighted by molar-refractivity contribution is -0.932. The van der Waals surface area contributed by atoms with Gasteiger partial charge < -0.3 is 10.0 Å². The smallest absolute Gasteiger partial charge is 0.115 e. The molecule has 2 nitrogen and oxygen atoms in total. The SMILES string of the molecule is C=CC[NH+]1CC[C@]23CCCCC2[C@H]1Cc1ccc(O)cc13. The second-order valence-corrected chi connectivity index (χ2v) is 7.31. The third-order valence-corrected chi connectivity index (χ3v) is 6.48. The minimum Gasteiger partial charge on any atom is -0.508 e. The minimum atomic E-state index is 0.361. The maximum atomic E-state index is 9.99. The summed E-state index contributed by atoms with van der Waals surface area (Å²) in [7, 11) is 0. The fourth-order valence-corrected chi connectivity index (χ4v) is 5.65. The van der Waals surface area contributed by atoms with Crippen molar-refractivity contribution in [1.82, 2.24) is 0 Å². The Balaban J connectivity index is 1.83. The zero-order valence-electron chi connectivity index (χ0n) is 12.8. The second kappa shape index (κ2) is 4.88. The van der Waals surface area contributed by atoms with Crippen LogP contribution in [0.15, 0.2) is 30.9 Å². The normalized spacial score (nSPS) is 37.4. The molecule has 0 radical (unpaired) electrons. The van der Waals surface area contributed by atoms with E-state index in [4.69, 9.17) is 0 Å². The van der Waals surface area contributed by atoms with Gasteiger partial charge in [0.25, 0.3) is 0 Å². The molecule has 1 aromatic carbocycles. The maximum absolute atomic E-state index is 9.99. The third kappa shape index (κ3) is 1.88. The van der Waals surface area contributed by atoms with Crippen molar-refractivity contribution in [3.8, 4) is 5.75 Å². The first-order valence-electron chi connectivity index (χ1n) is 8.52. The van der Waals surface area contributed by atoms with E-state index in [0.29, 0.717) is 11.2 Å². The predicted molar refractivity (Wildman–Crippen MR) is 84.7 cm³/mol. The number of benzene rings is 1. The van der Waals surface area contributed by atoms with E-state index in [9.17, 15) is 5.11 Å². The van der Waals surface area contributed by atoms with Gasteiger partial charge in [-0.1, -0.05) is 25.5 Å². The topological polar surface area (TPSA) is 24.7 Å². The van der Waals surface area contributed by atoms with Crippen molar-refractivity contribution in [1.29, 1.82) is 0 Å². The Morgan fingerprint density at radius 2 is 2.24 bits per heavy atom. The molecule has 0 spiro atoms. The highest BCUT2D eigenvalue weighted by molar-refractivity contribution is 5.44. The standard InChI is InChI=1S/C19H25NO/c1-2-10-20-11-9-19-8-4-3-5-16(19)18(20)12-14-6-7-15(21)13-17(14)19/h2,6-7,13,16,18,21H,1,3-5,8-12H2/p+1/t16?,18-,19-/m1/s1. The summed E-state index contributed by atoms with van der Waals surface area (Å²) in [6, 6.07) is 6.90. The molecule has 0 amide bonds. The molecule has 1 saturated carbocycles. The molecule has 3 aliphatic rings. The molecule has 1 aromatic rings. The van der Waals surface area contributed by atoms with Gasteiger partial charge >= 0.3 is 0 Å². The third-order valence-electron chi connectivity index (χ3n) is 6.48. The fraction of sp³-hybridized carbons (Fsp3) is 0.579. The summed E-state index contributed by atoms with van der Waals surface area (Å²) in [5.41, 5.74) is 3.35. The molecule has 2 bridgehead atoms. The minimum absolute atomic E-state index is 0.361. The number of phenols is 1. The molecule has 2 aliphatic carbocycles. The first-order valence-corrected chi connectivity index (χ1v) is 8.52. The van der Waals surface area contributed by atoms with Gasteiger partial charge in [-0.2, -0.15) is 0 Å². The summed E-state index contributed by atoms with van der Waals surface area (Å²) in [6.45, 7) is 6.33. The number of hydrogen-bond acceptors (Lipinski definition) is 1. The Kier molecular flexibility index (Phi) is 3.11. The van der Waals surface area contributed by atoms with Crippen molar-refractivity contribution in [2.24, 2.45) is 5.92 Å². The van der Waals surface area contributed by atoms with Crippen LogP contribution in [0.2, 0.25) is 0 Å². The van der Waals surface area contributed by atoms with Crippen LogP contribution in [0.3, 0.4) is 0 Å². The first-order chi connectivity index (χ1) is 10.2. The molecule has 2 fully saturated rings. The number of aromatic hydroxyl groups is 1. The van der Waals surface area contributed by atoms with E-state index in [1.165, 1.54) is 56.2 Å². The van der Waals surface area contributed by atoms with E-state index < -0.39 is 0 Å². The Bertz CT molecular complexity index is 567. The number of hydrogen-bond donors (Lipinski definition) is 2. The van der Waals surface area contributed by atoms with E-state index in [1.54, 1.807) is 4.90 Å². The van der Waals surface area contributed by atoms with E-state index in [2.05, 4.69) is 24.8 Å². The molecule has 112 valence electrons. The Morgan fingerprint density at radius 1 is 1.33 bits per heavy atom. The van der Waals surface area contributed by atoms with Crippen LogP contribution < -0.4 is 4.90 Å². The summed E-state index contributed by atoms with van der Waals surface area (Å²) in [4.78, 5) is 1.74. The van der Waals surface area contributed by atoms with Crippen molar-refractivity contribution in [2.45, 2.75) is 50.0 Å². The van der Waals surface area contributed by atoms with Crippen molar-refractivity contribution < 1.29 is 10.0 Å². The van der Waals surface area contributed by atoms with E-state index in [1.807, 2.05) is 6.07 Å². The molecule has 4 rings (SSSR count). The lowest BCUT2D eigenvalue weighted by atomic mass is 9.52. The van der Waals surface area contributed by atoms with E-state index in [0.717, 1.165) is 18.5 Å². The highest BCUT2D eigenvalue weighted by Gasteiger charge is 2.55. The van der Waals surface area contributed by atoms with Gasteiger partial charge in [-0.25, -0.2) is 0 Å².